The summed E-state index contributed by atoms with van der Waals surface area (Å²) in [5.41, 5.74) is 0.596. The molecule has 0 aliphatic heterocycles. The molecule has 28 heavy (non-hydrogen) atoms. The maximum Gasteiger partial charge on any atom is 0.258 e. The molecule has 2 N–H and O–H groups in total. The van der Waals surface area contributed by atoms with Gasteiger partial charge in [0.15, 0.2) is 6.61 Å². The van der Waals surface area contributed by atoms with Crippen molar-refractivity contribution in [3.8, 4) is 5.75 Å². The van der Waals surface area contributed by atoms with Crippen LogP contribution in [0.25, 0.3) is 0 Å². The maximum atomic E-state index is 12.3. The second-order valence-corrected chi connectivity index (χ2v) is 7.71. The highest BCUT2D eigenvalue weighted by Gasteiger charge is 2.24. The van der Waals surface area contributed by atoms with Gasteiger partial charge in [-0.1, -0.05) is 23.2 Å². The molecule has 1 saturated carbocycles. The van der Waals surface area contributed by atoms with Crippen LogP contribution in [0.3, 0.4) is 0 Å². The van der Waals surface area contributed by atoms with Crippen molar-refractivity contribution >= 4 is 35.0 Å². The predicted molar refractivity (Wildman–Crippen MR) is 110 cm³/mol. The van der Waals surface area contributed by atoms with Gasteiger partial charge in [0.1, 0.15) is 5.75 Å². The van der Waals surface area contributed by atoms with Crippen LogP contribution in [0.15, 0.2) is 48.5 Å². The summed E-state index contributed by atoms with van der Waals surface area (Å²) in [5.74, 6) is 0.359. The van der Waals surface area contributed by atoms with Gasteiger partial charge in [0.25, 0.3) is 11.8 Å². The van der Waals surface area contributed by atoms with E-state index in [4.69, 9.17) is 27.9 Å². The lowest BCUT2D eigenvalue weighted by molar-refractivity contribution is -0.124. The number of carbonyl (C=O) groups excluding carboxylic acids is 2. The lowest BCUT2D eigenvalue weighted by atomic mass is 9.91. The molecule has 2 aromatic carbocycles. The molecular weight excluding hydrogens is 399 g/mol. The van der Waals surface area contributed by atoms with Gasteiger partial charge in [-0.2, -0.15) is 0 Å². The van der Waals surface area contributed by atoms with Crippen molar-refractivity contribution in [2.24, 2.45) is 0 Å². The van der Waals surface area contributed by atoms with Gasteiger partial charge in [0.2, 0.25) is 0 Å². The first-order valence-electron chi connectivity index (χ1n) is 9.24. The normalized spacial score (nSPS) is 18.9. The summed E-state index contributed by atoms with van der Waals surface area (Å²) in [6, 6.07) is 13.9. The van der Waals surface area contributed by atoms with Crippen molar-refractivity contribution in [1.82, 2.24) is 10.6 Å². The number of hydrogen-bond donors (Lipinski definition) is 2. The van der Waals surface area contributed by atoms with E-state index in [0.29, 0.717) is 21.4 Å². The Morgan fingerprint density at radius 3 is 1.89 bits per heavy atom. The van der Waals surface area contributed by atoms with Crippen LogP contribution in [0.5, 0.6) is 5.75 Å². The number of benzene rings is 2. The Labute approximate surface area is 174 Å². The van der Waals surface area contributed by atoms with E-state index in [1.54, 1.807) is 48.5 Å². The smallest absolute Gasteiger partial charge is 0.258 e. The van der Waals surface area contributed by atoms with Crippen molar-refractivity contribution in [2.75, 3.05) is 6.61 Å². The monoisotopic (exact) mass is 420 g/mol. The standard InChI is InChI=1S/C21H22Cl2N2O3/c22-15-3-1-14(2-4-15)21(27)25-18-9-7-17(8-10-18)24-20(26)13-28-19-11-5-16(23)6-12-19/h1-6,11-12,17-18H,7-10,13H2,(H,24,26)(H,25,27). The van der Waals surface area contributed by atoms with E-state index in [1.807, 2.05) is 0 Å². The zero-order chi connectivity index (χ0) is 19.9. The Hall–Kier alpha value is -2.24. The van der Waals surface area contributed by atoms with Crippen LogP contribution in [0.4, 0.5) is 0 Å². The first-order valence-corrected chi connectivity index (χ1v) is 9.99. The van der Waals surface area contributed by atoms with E-state index in [-0.39, 0.29) is 30.5 Å². The molecule has 2 amide bonds. The Kier molecular flexibility index (Phi) is 7.18. The Morgan fingerprint density at radius 2 is 1.32 bits per heavy atom. The lowest BCUT2D eigenvalue weighted by Gasteiger charge is -2.29. The number of carbonyl (C=O) groups is 2. The third kappa shape index (κ3) is 6.14. The summed E-state index contributed by atoms with van der Waals surface area (Å²) in [4.78, 5) is 24.4. The minimum atomic E-state index is -0.149. The van der Waals surface area contributed by atoms with Gasteiger partial charge < -0.3 is 15.4 Å². The average Bonchev–Trinajstić information content (AvgIpc) is 2.69. The molecule has 0 saturated heterocycles. The van der Waals surface area contributed by atoms with Crippen molar-refractivity contribution in [1.29, 1.82) is 0 Å². The topological polar surface area (TPSA) is 67.4 Å². The molecule has 0 heterocycles. The van der Waals surface area contributed by atoms with Gasteiger partial charge >= 0.3 is 0 Å². The molecule has 0 aromatic heterocycles. The highest BCUT2D eigenvalue weighted by atomic mass is 35.5. The van der Waals surface area contributed by atoms with Crippen LogP contribution in [-0.4, -0.2) is 30.5 Å². The van der Waals surface area contributed by atoms with Gasteiger partial charge in [0, 0.05) is 27.7 Å². The van der Waals surface area contributed by atoms with Crippen molar-refractivity contribution in [3.63, 3.8) is 0 Å². The Bertz CT molecular complexity index is 801. The fraction of sp³-hybridized carbons (Fsp3) is 0.333. The number of halogens is 2. The lowest BCUT2D eigenvalue weighted by Crippen LogP contribution is -2.44. The van der Waals surface area contributed by atoms with Crippen LogP contribution >= 0.6 is 23.2 Å². The molecule has 0 unspecified atom stereocenters. The first-order chi connectivity index (χ1) is 13.5. The molecule has 0 spiro atoms. The SMILES string of the molecule is O=C(COc1ccc(Cl)cc1)NC1CCC(NC(=O)c2ccc(Cl)cc2)CC1. The summed E-state index contributed by atoms with van der Waals surface area (Å²) in [5, 5.41) is 7.27. The minimum Gasteiger partial charge on any atom is -0.484 e. The molecule has 148 valence electrons. The second-order valence-electron chi connectivity index (χ2n) is 6.84. The maximum absolute atomic E-state index is 12.3. The van der Waals surface area contributed by atoms with Gasteiger partial charge in [-0.15, -0.1) is 0 Å². The summed E-state index contributed by atoms with van der Waals surface area (Å²) >= 11 is 11.7. The minimum absolute atomic E-state index is 0.0329. The molecular formula is C21H22Cl2N2O3. The molecule has 0 radical (unpaired) electrons. The summed E-state index contributed by atoms with van der Waals surface area (Å²) in [6.45, 7) is -0.0329. The van der Waals surface area contributed by atoms with E-state index in [2.05, 4.69) is 10.6 Å². The predicted octanol–water partition coefficient (Wildman–Crippen LogP) is 4.23. The quantitative estimate of drug-likeness (QED) is 0.734. The highest BCUT2D eigenvalue weighted by molar-refractivity contribution is 6.30. The zero-order valence-electron chi connectivity index (χ0n) is 15.3. The molecule has 1 fully saturated rings. The third-order valence-corrected chi connectivity index (χ3v) is 5.22. The first kappa shape index (κ1) is 20.5. The molecule has 3 rings (SSSR count). The largest absolute Gasteiger partial charge is 0.484 e. The third-order valence-electron chi connectivity index (χ3n) is 4.72. The fourth-order valence-corrected chi connectivity index (χ4v) is 3.45. The molecule has 0 bridgehead atoms. The molecule has 0 atom stereocenters. The van der Waals surface area contributed by atoms with Crippen molar-refractivity contribution in [3.05, 3.63) is 64.1 Å². The zero-order valence-corrected chi connectivity index (χ0v) is 16.8. The average molecular weight is 421 g/mol. The van der Waals surface area contributed by atoms with E-state index in [9.17, 15) is 9.59 Å². The second kappa shape index (κ2) is 9.80. The van der Waals surface area contributed by atoms with Crippen molar-refractivity contribution in [2.45, 2.75) is 37.8 Å². The number of amides is 2. The number of rotatable bonds is 6. The summed E-state index contributed by atoms with van der Waals surface area (Å²) in [6.07, 6.45) is 3.28. The van der Waals surface area contributed by atoms with Gasteiger partial charge in [-0.3, -0.25) is 9.59 Å². The van der Waals surface area contributed by atoms with Gasteiger partial charge in [-0.05, 0) is 74.2 Å². The molecule has 1 aliphatic carbocycles. The number of nitrogens with one attached hydrogen (secondary N) is 2. The molecule has 5 nitrogen and oxygen atoms in total. The van der Waals surface area contributed by atoms with E-state index in [1.165, 1.54) is 0 Å². The summed E-state index contributed by atoms with van der Waals surface area (Å²) in [7, 11) is 0. The Balaban J connectivity index is 1.37. The Morgan fingerprint density at radius 1 is 0.821 bits per heavy atom. The molecule has 7 heteroatoms. The molecule has 2 aromatic rings. The summed E-state index contributed by atoms with van der Waals surface area (Å²) < 4.78 is 5.46. The van der Waals surface area contributed by atoms with E-state index < -0.39 is 0 Å². The van der Waals surface area contributed by atoms with E-state index in [0.717, 1.165) is 25.7 Å². The van der Waals surface area contributed by atoms with Crippen LogP contribution in [-0.2, 0) is 4.79 Å². The fourth-order valence-electron chi connectivity index (χ4n) is 3.20. The highest BCUT2D eigenvalue weighted by Crippen LogP contribution is 2.20. The van der Waals surface area contributed by atoms with Gasteiger partial charge in [0.05, 0.1) is 0 Å². The number of hydrogen-bond acceptors (Lipinski definition) is 3. The van der Waals surface area contributed by atoms with E-state index >= 15 is 0 Å². The molecule has 1 aliphatic rings. The number of ether oxygens (including phenoxy) is 1. The van der Waals surface area contributed by atoms with Crippen LogP contribution in [0.1, 0.15) is 36.0 Å². The van der Waals surface area contributed by atoms with Crippen LogP contribution < -0.4 is 15.4 Å². The van der Waals surface area contributed by atoms with Crippen LogP contribution in [0.2, 0.25) is 10.0 Å². The van der Waals surface area contributed by atoms with Gasteiger partial charge in [-0.25, -0.2) is 0 Å². The van der Waals surface area contributed by atoms with Crippen molar-refractivity contribution < 1.29 is 14.3 Å². The van der Waals surface area contributed by atoms with Crippen LogP contribution in [0, 0.1) is 0 Å².